The molecule has 1 saturated heterocycles. The summed E-state index contributed by atoms with van der Waals surface area (Å²) in [6, 6.07) is 2.20. The summed E-state index contributed by atoms with van der Waals surface area (Å²) in [5.41, 5.74) is 4.21. The molecule has 0 amide bonds. The largest absolute Gasteiger partial charge is 0.388 e. The average Bonchev–Trinajstić information content (AvgIpc) is 2.69. The zero-order valence-electron chi connectivity index (χ0n) is 12.1. The molecule has 3 heteroatoms. The highest BCUT2D eigenvalue weighted by Gasteiger charge is 2.31. The Morgan fingerprint density at radius 3 is 2.89 bits per heavy atom. The molecule has 2 aliphatic rings. The minimum atomic E-state index is -0.244. The molecule has 1 atom stereocenters. The molecule has 0 aromatic carbocycles. The summed E-state index contributed by atoms with van der Waals surface area (Å²) in [5.74, 6) is 0. The Morgan fingerprint density at radius 2 is 2.16 bits per heavy atom. The lowest BCUT2D eigenvalue weighted by atomic mass is 9.82. The third-order valence-electron chi connectivity index (χ3n) is 4.94. The van der Waals surface area contributed by atoms with Crippen molar-refractivity contribution in [2.45, 2.75) is 58.6 Å². The summed E-state index contributed by atoms with van der Waals surface area (Å²) in [5, 5.41) is 10.1. The average molecular weight is 263 g/mol. The summed E-state index contributed by atoms with van der Waals surface area (Å²) in [4.78, 5) is 0. The van der Waals surface area contributed by atoms with Crippen LogP contribution in [0.15, 0.2) is 6.07 Å². The van der Waals surface area contributed by atoms with Gasteiger partial charge in [0.15, 0.2) is 0 Å². The van der Waals surface area contributed by atoms with E-state index in [9.17, 15) is 5.11 Å². The molecule has 106 valence electrons. The van der Waals surface area contributed by atoms with E-state index in [-0.39, 0.29) is 6.10 Å². The van der Waals surface area contributed by atoms with Crippen LogP contribution in [-0.2, 0) is 17.7 Å². The fraction of sp³-hybridized carbons (Fsp3) is 0.750. The van der Waals surface area contributed by atoms with Crippen molar-refractivity contribution in [3.8, 4) is 0 Å². The minimum Gasteiger partial charge on any atom is -0.388 e. The smallest absolute Gasteiger partial charge is 0.0807 e. The van der Waals surface area contributed by atoms with Gasteiger partial charge in [0.25, 0.3) is 0 Å². The molecule has 0 spiro atoms. The number of hydrogen-bond donors (Lipinski definition) is 1. The van der Waals surface area contributed by atoms with Crippen molar-refractivity contribution in [1.29, 1.82) is 0 Å². The van der Waals surface area contributed by atoms with E-state index in [1.165, 1.54) is 17.0 Å². The van der Waals surface area contributed by atoms with Crippen molar-refractivity contribution in [3.05, 3.63) is 23.0 Å². The number of hydrogen-bond acceptors (Lipinski definition) is 2. The summed E-state index contributed by atoms with van der Waals surface area (Å²) in [6.45, 7) is 7.40. The number of nitrogens with zero attached hydrogens (tertiary/aromatic N) is 1. The summed E-state index contributed by atoms with van der Waals surface area (Å²) in [6.07, 6.45) is 5.18. The second kappa shape index (κ2) is 4.95. The van der Waals surface area contributed by atoms with Crippen molar-refractivity contribution in [2.24, 2.45) is 5.41 Å². The van der Waals surface area contributed by atoms with E-state index in [0.717, 1.165) is 51.9 Å². The molecule has 1 unspecified atom stereocenters. The quantitative estimate of drug-likeness (QED) is 0.890. The number of fused-ring (bicyclic) bond motifs is 1. The highest BCUT2D eigenvalue weighted by Crippen LogP contribution is 2.37. The number of aromatic nitrogens is 1. The first-order valence-electron chi connectivity index (χ1n) is 7.54. The van der Waals surface area contributed by atoms with Crippen molar-refractivity contribution >= 4 is 0 Å². The molecule has 1 aromatic rings. The molecule has 1 fully saturated rings. The zero-order chi connectivity index (χ0) is 13.5. The lowest BCUT2D eigenvalue weighted by molar-refractivity contribution is 0.0148. The van der Waals surface area contributed by atoms with Gasteiger partial charge >= 0.3 is 0 Å². The lowest BCUT2D eigenvalue weighted by Crippen LogP contribution is -2.32. The van der Waals surface area contributed by atoms with Crippen molar-refractivity contribution < 1.29 is 9.84 Å². The van der Waals surface area contributed by atoms with E-state index in [1.54, 1.807) is 0 Å². The number of ether oxygens (including phenoxy) is 1. The van der Waals surface area contributed by atoms with Crippen molar-refractivity contribution in [1.82, 2.24) is 4.57 Å². The summed E-state index contributed by atoms with van der Waals surface area (Å²) >= 11 is 0. The minimum absolute atomic E-state index is 0.244. The van der Waals surface area contributed by atoms with Crippen LogP contribution in [0.4, 0.5) is 0 Å². The molecule has 2 heterocycles. The molecule has 3 rings (SSSR count). The Kier molecular flexibility index (Phi) is 3.44. The third-order valence-corrected chi connectivity index (χ3v) is 4.94. The molecule has 1 aliphatic carbocycles. The number of aryl methyl sites for hydroxylation is 1. The van der Waals surface area contributed by atoms with Gasteiger partial charge in [0.2, 0.25) is 0 Å². The van der Waals surface area contributed by atoms with E-state index >= 15 is 0 Å². The van der Waals surface area contributed by atoms with Gasteiger partial charge in [-0.25, -0.2) is 0 Å². The maximum atomic E-state index is 10.1. The number of rotatable bonds is 2. The molecule has 0 bridgehead atoms. The Bertz CT molecular complexity index is 458. The van der Waals surface area contributed by atoms with Gasteiger partial charge in [-0.2, -0.15) is 0 Å². The predicted octanol–water partition coefficient (Wildman–Crippen LogP) is 2.98. The van der Waals surface area contributed by atoms with E-state index in [2.05, 4.69) is 24.5 Å². The monoisotopic (exact) mass is 263 g/mol. The first kappa shape index (κ1) is 13.2. The molecule has 0 saturated carbocycles. The van der Waals surface area contributed by atoms with Crippen LogP contribution in [0.2, 0.25) is 0 Å². The Labute approximate surface area is 115 Å². The van der Waals surface area contributed by atoms with Crippen LogP contribution in [-0.4, -0.2) is 22.9 Å². The summed E-state index contributed by atoms with van der Waals surface area (Å²) in [7, 11) is 0. The van der Waals surface area contributed by atoms with E-state index < -0.39 is 0 Å². The molecule has 19 heavy (non-hydrogen) atoms. The second-order valence-electron chi connectivity index (χ2n) is 6.60. The first-order chi connectivity index (χ1) is 9.09. The maximum Gasteiger partial charge on any atom is 0.0807 e. The summed E-state index contributed by atoms with van der Waals surface area (Å²) < 4.78 is 7.96. The van der Waals surface area contributed by atoms with Crippen LogP contribution in [0, 0.1) is 12.3 Å². The van der Waals surface area contributed by atoms with E-state index in [0.29, 0.717) is 5.41 Å². The molecule has 1 aliphatic heterocycles. The predicted molar refractivity (Wildman–Crippen MR) is 75.2 cm³/mol. The first-order valence-corrected chi connectivity index (χ1v) is 7.54. The van der Waals surface area contributed by atoms with Gasteiger partial charge in [-0.05, 0) is 50.5 Å². The topological polar surface area (TPSA) is 34.4 Å². The SMILES string of the molecule is Cc1cc2c(n1CC1(C)CCOCC1)CCCC2O. The van der Waals surface area contributed by atoms with E-state index in [1.807, 2.05) is 0 Å². The molecular formula is C16H25NO2. The van der Waals surface area contributed by atoms with Crippen LogP contribution in [0.1, 0.15) is 55.7 Å². The normalized spacial score (nSPS) is 26.2. The Morgan fingerprint density at radius 1 is 1.42 bits per heavy atom. The van der Waals surface area contributed by atoms with Crippen molar-refractivity contribution in [3.63, 3.8) is 0 Å². The van der Waals surface area contributed by atoms with Gasteiger partial charge in [-0.15, -0.1) is 0 Å². The van der Waals surface area contributed by atoms with Gasteiger partial charge in [0, 0.05) is 36.7 Å². The number of aliphatic hydroxyl groups is 1. The number of aliphatic hydroxyl groups excluding tert-OH is 1. The van der Waals surface area contributed by atoms with Crippen LogP contribution in [0.3, 0.4) is 0 Å². The Balaban J connectivity index is 1.88. The fourth-order valence-electron chi connectivity index (χ4n) is 3.57. The van der Waals surface area contributed by atoms with Crippen LogP contribution >= 0.6 is 0 Å². The lowest BCUT2D eigenvalue weighted by Gasteiger charge is -2.35. The standard InChI is InChI=1S/C16H25NO2/c1-12-10-13-14(4-3-5-15(13)18)17(12)11-16(2)6-8-19-9-7-16/h10,15,18H,3-9,11H2,1-2H3. The van der Waals surface area contributed by atoms with Gasteiger partial charge in [0.1, 0.15) is 0 Å². The molecule has 0 radical (unpaired) electrons. The third kappa shape index (κ3) is 2.46. The molecule has 3 nitrogen and oxygen atoms in total. The fourth-order valence-corrected chi connectivity index (χ4v) is 3.57. The van der Waals surface area contributed by atoms with Gasteiger partial charge in [0.05, 0.1) is 6.10 Å². The van der Waals surface area contributed by atoms with E-state index in [4.69, 9.17) is 4.74 Å². The zero-order valence-corrected chi connectivity index (χ0v) is 12.1. The van der Waals surface area contributed by atoms with Gasteiger partial charge in [-0.3, -0.25) is 0 Å². The van der Waals surface area contributed by atoms with Crippen molar-refractivity contribution in [2.75, 3.05) is 13.2 Å². The van der Waals surface area contributed by atoms with Gasteiger partial charge in [-0.1, -0.05) is 6.92 Å². The molecular weight excluding hydrogens is 238 g/mol. The van der Waals surface area contributed by atoms with Gasteiger partial charge < -0.3 is 14.4 Å². The highest BCUT2D eigenvalue weighted by atomic mass is 16.5. The molecule has 1 aromatic heterocycles. The van der Waals surface area contributed by atoms with Crippen LogP contribution < -0.4 is 0 Å². The molecule has 1 N–H and O–H groups in total. The highest BCUT2D eigenvalue weighted by molar-refractivity contribution is 5.32. The Hall–Kier alpha value is -0.800. The maximum absolute atomic E-state index is 10.1. The second-order valence-corrected chi connectivity index (χ2v) is 6.60. The van der Waals surface area contributed by atoms with Crippen LogP contribution in [0.25, 0.3) is 0 Å². The van der Waals surface area contributed by atoms with Crippen LogP contribution in [0.5, 0.6) is 0 Å².